The van der Waals surface area contributed by atoms with Crippen molar-refractivity contribution in [2.75, 3.05) is 0 Å². The van der Waals surface area contributed by atoms with Gasteiger partial charge in [0.05, 0.1) is 11.7 Å². The van der Waals surface area contributed by atoms with E-state index in [0.29, 0.717) is 12.4 Å². The van der Waals surface area contributed by atoms with E-state index in [-0.39, 0.29) is 5.56 Å². The van der Waals surface area contributed by atoms with Crippen molar-refractivity contribution in [2.45, 2.75) is 26.6 Å². The topological polar surface area (TPSA) is 66.8 Å². The lowest BCUT2D eigenvalue weighted by Crippen LogP contribution is -2.02. The molecule has 0 aliphatic carbocycles. The maximum atomic E-state index is 10.8. The Hall–Kier alpha value is -2.33. The molecule has 0 unspecified atom stereocenters. The summed E-state index contributed by atoms with van der Waals surface area (Å²) in [7, 11) is 0. The molecule has 0 heterocycles. The molecule has 2 aromatic carbocycles. The standard InChI is InChI=1S/C17H18O4/c1-11-3-8-15(12(2)18)16(9-11)21-10-13-4-6-14(7-5-13)17(19)20/h3-9,12,18H,10H2,1-2H3,(H,19,20)/t12-/m1/s1. The molecule has 21 heavy (non-hydrogen) atoms. The van der Waals surface area contributed by atoms with Gasteiger partial charge in [0.1, 0.15) is 12.4 Å². The van der Waals surface area contributed by atoms with Crippen LogP contribution in [0.3, 0.4) is 0 Å². The minimum Gasteiger partial charge on any atom is -0.489 e. The van der Waals surface area contributed by atoms with Crippen LogP contribution in [0.1, 0.15) is 40.1 Å². The third kappa shape index (κ3) is 3.83. The molecular formula is C17H18O4. The Morgan fingerprint density at radius 2 is 1.86 bits per heavy atom. The quantitative estimate of drug-likeness (QED) is 0.884. The number of hydrogen-bond donors (Lipinski definition) is 2. The van der Waals surface area contributed by atoms with Crippen LogP contribution in [0.15, 0.2) is 42.5 Å². The minimum absolute atomic E-state index is 0.249. The fraction of sp³-hybridized carbons (Fsp3) is 0.235. The highest BCUT2D eigenvalue weighted by Gasteiger charge is 2.10. The normalized spacial score (nSPS) is 12.0. The van der Waals surface area contributed by atoms with Crippen molar-refractivity contribution in [3.05, 3.63) is 64.7 Å². The summed E-state index contributed by atoms with van der Waals surface area (Å²) in [4.78, 5) is 10.8. The van der Waals surface area contributed by atoms with Crippen molar-refractivity contribution < 1.29 is 19.7 Å². The maximum absolute atomic E-state index is 10.8. The van der Waals surface area contributed by atoms with E-state index in [1.807, 2.05) is 25.1 Å². The van der Waals surface area contributed by atoms with Gasteiger partial charge in [-0.1, -0.05) is 24.3 Å². The average Bonchev–Trinajstić information content (AvgIpc) is 2.45. The smallest absolute Gasteiger partial charge is 0.335 e. The molecule has 0 fully saturated rings. The molecule has 2 aromatic rings. The van der Waals surface area contributed by atoms with E-state index in [0.717, 1.165) is 16.7 Å². The molecule has 1 atom stereocenters. The maximum Gasteiger partial charge on any atom is 0.335 e. The summed E-state index contributed by atoms with van der Waals surface area (Å²) in [6, 6.07) is 12.2. The first kappa shape index (κ1) is 15.1. The van der Waals surface area contributed by atoms with Crippen LogP contribution in [0, 0.1) is 6.92 Å². The first-order valence-corrected chi connectivity index (χ1v) is 6.71. The molecule has 2 N–H and O–H groups in total. The predicted molar refractivity (Wildman–Crippen MR) is 79.5 cm³/mol. The number of aliphatic hydroxyl groups is 1. The summed E-state index contributed by atoms with van der Waals surface area (Å²) in [5.74, 6) is -0.301. The van der Waals surface area contributed by atoms with Crippen LogP contribution in [0.5, 0.6) is 5.75 Å². The molecule has 0 saturated carbocycles. The van der Waals surface area contributed by atoms with Crippen molar-refractivity contribution in [3.8, 4) is 5.75 Å². The Labute approximate surface area is 123 Å². The van der Waals surface area contributed by atoms with Gasteiger partial charge in [-0.3, -0.25) is 0 Å². The van der Waals surface area contributed by atoms with Gasteiger partial charge in [-0.15, -0.1) is 0 Å². The summed E-state index contributed by atoms with van der Waals surface area (Å²) < 4.78 is 5.76. The Bertz CT molecular complexity index is 630. The average molecular weight is 286 g/mol. The van der Waals surface area contributed by atoms with E-state index in [1.165, 1.54) is 0 Å². The monoisotopic (exact) mass is 286 g/mol. The van der Waals surface area contributed by atoms with Crippen LogP contribution in [-0.2, 0) is 6.61 Å². The molecule has 0 saturated heterocycles. The Morgan fingerprint density at radius 1 is 1.19 bits per heavy atom. The van der Waals surface area contributed by atoms with Gasteiger partial charge >= 0.3 is 5.97 Å². The molecule has 0 amide bonds. The van der Waals surface area contributed by atoms with Gasteiger partial charge in [0.25, 0.3) is 0 Å². The summed E-state index contributed by atoms with van der Waals surface area (Å²) >= 11 is 0. The largest absolute Gasteiger partial charge is 0.489 e. The van der Waals surface area contributed by atoms with Crippen molar-refractivity contribution in [1.29, 1.82) is 0 Å². The molecule has 110 valence electrons. The van der Waals surface area contributed by atoms with Crippen molar-refractivity contribution >= 4 is 5.97 Å². The number of carbonyl (C=O) groups is 1. The molecule has 0 bridgehead atoms. The third-order valence-electron chi connectivity index (χ3n) is 3.21. The number of carboxylic acids is 1. The van der Waals surface area contributed by atoms with Gasteiger partial charge < -0.3 is 14.9 Å². The Morgan fingerprint density at radius 3 is 2.43 bits per heavy atom. The van der Waals surface area contributed by atoms with Crippen molar-refractivity contribution in [2.24, 2.45) is 0 Å². The van der Waals surface area contributed by atoms with E-state index < -0.39 is 12.1 Å². The van der Waals surface area contributed by atoms with Crippen LogP contribution in [0.2, 0.25) is 0 Å². The highest BCUT2D eigenvalue weighted by atomic mass is 16.5. The van der Waals surface area contributed by atoms with Gasteiger partial charge in [0, 0.05) is 5.56 Å². The number of hydrogen-bond acceptors (Lipinski definition) is 3. The zero-order valence-electron chi connectivity index (χ0n) is 12.0. The third-order valence-corrected chi connectivity index (χ3v) is 3.21. The molecule has 0 radical (unpaired) electrons. The first-order valence-electron chi connectivity index (χ1n) is 6.71. The van der Waals surface area contributed by atoms with Crippen LogP contribution in [0.4, 0.5) is 0 Å². The summed E-state index contributed by atoms with van der Waals surface area (Å²) in [6.07, 6.45) is -0.602. The second-order valence-electron chi connectivity index (χ2n) is 5.01. The molecule has 0 aromatic heterocycles. The van der Waals surface area contributed by atoms with Gasteiger partial charge in [-0.25, -0.2) is 4.79 Å². The van der Waals surface area contributed by atoms with E-state index in [1.54, 1.807) is 31.2 Å². The second-order valence-corrected chi connectivity index (χ2v) is 5.01. The summed E-state index contributed by atoms with van der Waals surface area (Å²) in [5, 5.41) is 18.6. The Balaban J connectivity index is 2.12. The van der Waals surface area contributed by atoms with Crippen LogP contribution >= 0.6 is 0 Å². The molecule has 0 spiro atoms. The minimum atomic E-state index is -0.947. The molecule has 4 heteroatoms. The predicted octanol–water partition coefficient (Wildman–Crippen LogP) is 3.33. The number of aliphatic hydroxyl groups excluding tert-OH is 1. The highest BCUT2D eigenvalue weighted by Crippen LogP contribution is 2.27. The number of aromatic carboxylic acids is 1. The zero-order chi connectivity index (χ0) is 15.4. The molecule has 4 nitrogen and oxygen atoms in total. The van der Waals surface area contributed by atoms with Crippen LogP contribution in [-0.4, -0.2) is 16.2 Å². The number of aryl methyl sites for hydroxylation is 1. The molecule has 0 aliphatic rings. The molecule has 2 rings (SSSR count). The zero-order valence-corrected chi connectivity index (χ0v) is 12.0. The van der Waals surface area contributed by atoms with Gasteiger partial charge in [0.2, 0.25) is 0 Å². The summed E-state index contributed by atoms with van der Waals surface area (Å²) in [5.41, 5.74) is 2.91. The fourth-order valence-corrected chi connectivity index (χ4v) is 2.02. The lowest BCUT2D eigenvalue weighted by atomic mass is 10.1. The van der Waals surface area contributed by atoms with Gasteiger partial charge in [0.15, 0.2) is 0 Å². The number of rotatable bonds is 5. The van der Waals surface area contributed by atoms with Crippen LogP contribution < -0.4 is 4.74 Å². The number of benzene rings is 2. The lowest BCUT2D eigenvalue weighted by Gasteiger charge is -2.14. The Kier molecular flexibility index (Phi) is 4.60. The first-order chi connectivity index (χ1) is 9.97. The van der Waals surface area contributed by atoms with E-state index >= 15 is 0 Å². The van der Waals surface area contributed by atoms with E-state index in [9.17, 15) is 9.90 Å². The second kappa shape index (κ2) is 6.41. The van der Waals surface area contributed by atoms with E-state index in [2.05, 4.69) is 0 Å². The van der Waals surface area contributed by atoms with Crippen LogP contribution in [0.25, 0.3) is 0 Å². The molecule has 0 aliphatic heterocycles. The summed E-state index contributed by atoms with van der Waals surface area (Å²) in [6.45, 7) is 3.97. The fourth-order valence-electron chi connectivity index (χ4n) is 2.02. The van der Waals surface area contributed by atoms with Gasteiger partial charge in [-0.2, -0.15) is 0 Å². The van der Waals surface area contributed by atoms with Gasteiger partial charge in [-0.05, 0) is 43.2 Å². The van der Waals surface area contributed by atoms with E-state index in [4.69, 9.17) is 9.84 Å². The van der Waals surface area contributed by atoms with Crippen molar-refractivity contribution in [1.82, 2.24) is 0 Å². The SMILES string of the molecule is Cc1ccc([C@@H](C)O)c(OCc2ccc(C(=O)O)cc2)c1. The number of carboxylic acid groups (broad SMARTS) is 1. The van der Waals surface area contributed by atoms with Crippen molar-refractivity contribution in [3.63, 3.8) is 0 Å². The molecular weight excluding hydrogens is 268 g/mol. The lowest BCUT2D eigenvalue weighted by molar-refractivity contribution is 0.0697. The number of ether oxygens (including phenoxy) is 1. The highest BCUT2D eigenvalue weighted by molar-refractivity contribution is 5.87.